The van der Waals surface area contributed by atoms with Gasteiger partial charge in [0.15, 0.2) is 0 Å². The SMILES string of the molecule is COC(=O)C1[C@@H]2CC[C@H]1CNC2.Cl. The summed E-state index contributed by atoms with van der Waals surface area (Å²) in [5.41, 5.74) is 0. The van der Waals surface area contributed by atoms with Gasteiger partial charge in [0.2, 0.25) is 0 Å². The molecule has 0 spiro atoms. The summed E-state index contributed by atoms with van der Waals surface area (Å²) < 4.78 is 4.80. The van der Waals surface area contributed by atoms with E-state index in [-0.39, 0.29) is 24.3 Å². The number of rotatable bonds is 1. The summed E-state index contributed by atoms with van der Waals surface area (Å²) >= 11 is 0. The summed E-state index contributed by atoms with van der Waals surface area (Å²) in [5, 5.41) is 3.35. The topological polar surface area (TPSA) is 38.3 Å². The van der Waals surface area contributed by atoms with Crippen LogP contribution in [0.4, 0.5) is 0 Å². The van der Waals surface area contributed by atoms with Gasteiger partial charge in [-0.25, -0.2) is 0 Å². The van der Waals surface area contributed by atoms with Gasteiger partial charge in [0.05, 0.1) is 13.0 Å². The number of ether oxygens (including phenoxy) is 1. The first-order valence-electron chi connectivity index (χ1n) is 4.61. The van der Waals surface area contributed by atoms with Crippen molar-refractivity contribution < 1.29 is 9.53 Å². The van der Waals surface area contributed by atoms with Gasteiger partial charge in [-0.05, 0) is 37.8 Å². The maximum atomic E-state index is 11.4. The second-order valence-electron chi connectivity index (χ2n) is 3.80. The van der Waals surface area contributed by atoms with Crippen molar-refractivity contribution in [1.29, 1.82) is 0 Å². The lowest BCUT2D eigenvalue weighted by molar-refractivity contribution is -0.148. The van der Waals surface area contributed by atoms with Crippen molar-refractivity contribution in [2.45, 2.75) is 12.8 Å². The molecule has 0 radical (unpaired) electrons. The Labute approximate surface area is 84.6 Å². The summed E-state index contributed by atoms with van der Waals surface area (Å²) in [5.74, 6) is 1.27. The molecule has 3 atom stereocenters. The number of carbonyl (C=O) groups excluding carboxylic acids is 1. The summed E-state index contributed by atoms with van der Waals surface area (Å²) in [4.78, 5) is 11.4. The molecule has 1 saturated carbocycles. The second kappa shape index (κ2) is 4.29. The quantitative estimate of drug-likeness (QED) is 0.645. The molecule has 76 valence electrons. The fraction of sp³-hybridized carbons (Fsp3) is 0.889. The first-order chi connectivity index (χ1) is 5.83. The number of halogens is 1. The van der Waals surface area contributed by atoms with Gasteiger partial charge in [-0.2, -0.15) is 0 Å². The van der Waals surface area contributed by atoms with Crippen LogP contribution in [0.15, 0.2) is 0 Å². The molecule has 1 heterocycles. The number of esters is 1. The van der Waals surface area contributed by atoms with E-state index in [1.165, 1.54) is 20.0 Å². The first-order valence-corrected chi connectivity index (χ1v) is 4.61. The van der Waals surface area contributed by atoms with Crippen LogP contribution in [0.3, 0.4) is 0 Å². The van der Waals surface area contributed by atoms with Crippen molar-refractivity contribution in [3.05, 3.63) is 0 Å². The molecular formula is C9H16ClNO2. The molecule has 2 bridgehead atoms. The standard InChI is InChI=1S/C9H15NO2.ClH/c1-12-9(11)8-6-2-3-7(8)5-10-4-6;/h6-8,10H,2-5H2,1H3;1H/t6-,7+,8?;. The fourth-order valence-electron chi connectivity index (χ4n) is 2.61. The Balaban J connectivity index is 0.000000845. The highest BCUT2D eigenvalue weighted by molar-refractivity contribution is 5.85. The molecule has 0 aromatic rings. The van der Waals surface area contributed by atoms with E-state index in [9.17, 15) is 4.79 Å². The number of piperidine rings is 1. The van der Waals surface area contributed by atoms with Gasteiger partial charge in [0.1, 0.15) is 0 Å². The summed E-state index contributed by atoms with van der Waals surface area (Å²) in [6.07, 6.45) is 2.38. The Bertz CT molecular complexity index is 182. The van der Waals surface area contributed by atoms with Gasteiger partial charge < -0.3 is 10.1 Å². The first kappa shape index (κ1) is 10.8. The third-order valence-electron chi connectivity index (χ3n) is 3.21. The van der Waals surface area contributed by atoms with E-state index in [4.69, 9.17) is 4.74 Å². The average Bonchev–Trinajstić information content (AvgIpc) is 2.35. The molecule has 0 aromatic carbocycles. The molecule has 1 N–H and O–H groups in total. The van der Waals surface area contributed by atoms with Crippen LogP contribution in [0.2, 0.25) is 0 Å². The Hall–Kier alpha value is -0.280. The minimum Gasteiger partial charge on any atom is -0.469 e. The highest BCUT2D eigenvalue weighted by Gasteiger charge is 2.43. The Morgan fingerprint density at radius 2 is 1.85 bits per heavy atom. The molecule has 0 aromatic heterocycles. The number of hydrogen-bond acceptors (Lipinski definition) is 3. The van der Waals surface area contributed by atoms with Crippen molar-refractivity contribution in [2.75, 3.05) is 20.2 Å². The fourth-order valence-corrected chi connectivity index (χ4v) is 2.61. The maximum absolute atomic E-state index is 11.4. The molecule has 1 unspecified atom stereocenters. The summed E-state index contributed by atoms with van der Waals surface area (Å²) in [6.45, 7) is 1.99. The van der Waals surface area contributed by atoms with Gasteiger partial charge in [0.25, 0.3) is 0 Å². The zero-order valence-corrected chi connectivity index (χ0v) is 8.60. The van der Waals surface area contributed by atoms with Crippen molar-refractivity contribution in [2.24, 2.45) is 17.8 Å². The zero-order valence-electron chi connectivity index (χ0n) is 7.79. The molecule has 2 aliphatic rings. The summed E-state index contributed by atoms with van der Waals surface area (Å²) in [6, 6.07) is 0. The third kappa shape index (κ3) is 1.81. The van der Waals surface area contributed by atoms with E-state index in [0.29, 0.717) is 11.8 Å². The lowest BCUT2D eigenvalue weighted by Gasteiger charge is -2.28. The molecule has 4 heteroatoms. The van der Waals surface area contributed by atoms with Crippen LogP contribution in [0.25, 0.3) is 0 Å². The van der Waals surface area contributed by atoms with E-state index in [0.717, 1.165) is 13.1 Å². The average molecular weight is 206 g/mol. The molecular weight excluding hydrogens is 190 g/mol. The molecule has 1 saturated heterocycles. The number of nitrogens with one attached hydrogen (secondary N) is 1. The van der Waals surface area contributed by atoms with Crippen LogP contribution in [0.5, 0.6) is 0 Å². The predicted octanol–water partition coefficient (Wildman–Crippen LogP) is 0.827. The summed E-state index contributed by atoms with van der Waals surface area (Å²) in [7, 11) is 1.49. The number of hydrogen-bond donors (Lipinski definition) is 1. The van der Waals surface area contributed by atoms with Crippen LogP contribution in [-0.4, -0.2) is 26.2 Å². The molecule has 2 fully saturated rings. The smallest absolute Gasteiger partial charge is 0.309 e. The molecule has 3 nitrogen and oxygen atoms in total. The Kier molecular flexibility index (Phi) is 3.56. The molecule has 1 aliphatic heterocycles. The van der Waals surface area contributed by atoms with Crippen LogP contribution in [0.1, 0.15) is 12.8 Å². The predicted molar refractivity (Wildman–Crippen MR) is 51.8 cm³/mol. The molecule has 2 rings (SSSR count). The van der Waals surface area contributed by atoms with Gasteiger partial charge in [-0.1, -0.05) is 0 Å². The van der Waals surface area contributed by atoms with Crippen molar-refractivity contribution in [3.8, 4) is 0 Å². The van der Waals surface area contributed by atoms with E-state index < -0.39 is 0 Å². The third-order valence-corrected chi connectivity index (χ3v) is 3.21. The second-order valence-corrected chi connectivity index (χ2v) is 3.80. The zero-order chi connectivity index (χ0) is 8.55. The van der Waals surface area contributed by atoms with E-state index in [1.807, 2.05) is 0 Å². The van der Waals surface area contributed by atoms with Crippen LogP contribution in [-0.2, 0) is 9.53 Å². The molecule has 1 aliphatic carbocycles. The highest BCUT2D eigenvalue weighted by atomic mass is 35.5. The van der Waals surface area contributed by atoms with E-state index in [1.54, 1.807) is 0 Å². The normalized spacial score (nSPS) is 36.5. The van der Waals surface area contributed by atoms with Crippen LogP contribution in [0, 0.1) is 17.8 Å². The van der Waals surface area contributed by atoms with Crippen LogP contribution >= 0.6 is 12.4 Å². The Morgan fingerprint density at radius 3 is 2.31 bits per heavy atom. The van der Waals surface area contributed by atoms with E-state index in [2.05, 4.69) is 5.32 Å². The van der Waals surface area contributed by atoms with Crippen molar-refractivity contribution >= 4 is 18.4 Å². The van der Waals surface area contributed by atoms with E-state index >= 15 is 0 Å². The number of carbonyl (C=O) groups is 1. The monoisotopic (exact) mass is 205 g/mol. The lowest BCUT2D eigenvalue weighted by atomic mass is 9.86. The molecule has 13 heavy (non-hydrogen) atoms. The van der Waals surface area contributed by atoms with Gasteiger partial charge >= 0.3 is 5.97 Å². The lowest BCUT2D eigenvalue weighted by Crippen LogP contribution is -2.42. The van der Waals surface area contributed by atoms with Gasteiger partial charge in [-0.15, -0.1) is 12.4 Å². The molecule has 0 amide bonds. The maximum Gasteiger partial charge on any atom is 0.309 e. The number of methoxy groups -OCH3 is 1. The largest absolute Gasteiger partial charge is 0.469 e. The minimum atomic E-state index is 0. The van der Waals surface area contributed by atoms with Crippen LogP contribution < -0.4 is 5.32 Å². The van der Waals surface area contributed by atoms with Crippen molar-refractivity contribution in [1.82, 2.24) is 5.32 Å². The highest BCUT2D eigenvalue weighted by Crippen LogP contribution is 2.39. The van der Waals surface area contributed by atoms with Gasteiger partial charge in [0, 0.05) is 0 Å². The minimum absolute atomic E-state index is 0. The van der Waals surface area contributed by atoms with Crippen molar-refractivity contribution in [3.63, 3.8) is 0 Å². The number of fused-ring (bicyclic) bond motifs is 2. The Morgan fingerprint density at radius 1 is 1.31 bits per heavy atom. The van der Waals surface area contributed by atoms with Gasteiger partial charge in [-0.3, -0.25) is 4.79 Å².